The third kappa shape index (κ3) is 4.34. The largest absolute Gasteiger partial charge is 0.482 e. The van der Waals surface area contributed by atoms with Gasteiger partial charge in [0, 0.05) is 16.8 Å². The Kier molecular flexibility index (Phi) is 5.04. The zero-order valence-electron chi connectivity index (χ0n) is 11.1. The van der Waals surface area contributed by atoms with Crippen LogP contribution in [0.15, 0.2) is 36.4 Å². The summed E-state index contributed by atoms with van der Waals surface area (Å²) in [4.78, 5) is 11.7. The van der Waals surface area contributed by atoms with Crippen molar-refractivity contribution in [1.82, 2.24) is 0 Å². The van der Waals surface area contributed by atoms with Gasteiger partial charge in [-0.25, -0.2) is 4.39 Å². The van der Waals surface area contributed by atoms with Gasteiger partial charge in [0.2, 0.25) is 0 Å². The molecule has 110 valence electrons. The van der Waals surface area contributed by atoms with E-state index in [9.17, 15) is 9.18 Å². The number of carbonyl (C=O) groups is 1. The van der Waals surface area contributed by atoms with Crippen molar-refractivity contribution in [2.75, 3.05) is 11.9 Å². The molecule has 2 aromatic carbocycles. The van der Waals surface area contributed by atoms with Crippen molar-refractivity contribution in [3.8, 4) is 5.75 Å². The van der Waals surface area contributed by atoms with E-state index in [1.54, 1.807) is 31.2 Å². The van der Waals surface area contributed by atoms with Gasteiger partial charge in [-0.05, 0) is 36.8 Å². The van der Waals surface area contributed by atoms with E-state index >= 15 is 0 Å². The summed E-state index contributed by atoms with van der Waals surface area (Å²) in [7, 11) is 0. The Morgan fingerprint density at radius 2 is 2.00 bits per heavy atom. The standard InChI is InChI=1S/C15H12Cl2FNO2/c1-9-2-4-11(7-13(9)18)19-15(20)8-21-14-6-10(16)3-5-12(14)17/h2-7H,8H2,1H3,(H,19,20). The average molecular weight is 328 g/mol. The van der Waals surface area contributed by atoms with E-state index < -0.39 is 5.91 Å². The SMILES string of the molecule is Cc1ccc(NC(=O)COc2cc(Cl)ccc2Cl)cc1F. The van der Waals surface area contributed by atoms with Crippen molar-refractivity contribution in [2.45, 2.75) is 6.92 Å². The van der Waals surface area contributed by atoms with Crippen LogP contribution in [-0.2, 0) is 4.79 Å². The molecule has 6 heteroatoms. The van der Waals surface area contributed by atoms with Gasteiger partial charge in [0.25, 0.3) is 5.91 Å². The Morgan fingerprint density at radius 1 is 1.24 bits per heavy atom. The molecule has 21 heavy (non-hydrogen) atoms. The summed E-state index contributed by atoms with van der Waals surface area (Å²) in [5, 5.41) is 3.34. The highest BCUT2D eigenvalue weighted by Gasteiger charge is 2.08. The van der Waals surface area contributed by atoms with Gasteiger partial charge in [-0.3, -0.25) is 4.79 Å². The molecule has 1 amide bonds. The number of carbonyl (C=O) groups excluding carboxylic acids is 1. The summed E-state index contributed by atoms with van der Waals surface area (Å²) in [5.41, 5.74) is 0.874. The van der Waals surface area contributed by atoms with Crippen LogP contribution in [0.2, 0.25) is 10.0 Å². The number of anilines is 1. The first-order valence-electron chi connectivity index (χ1n) is 6.09. The molecule has 0 aromatic heterocycles. The van der Waals surface area contributed by atoms with E-state index in [0.29, 0.717) is 27.0 Å². The molecule has 0 aliphatic carbocycles. The van der Waals surface area contributed by atoms with Crippen molar-refractivity contribution in [2.24, 2.45) is 0 Å². The van der Waals surface area contributed by atoms with Crippen LogP contribution in [0.4, 0.5) is 10.1 Å². The number of aryl methyl sites for hydroxylation is 1. The first-order valence-corrected chi connectivity index (χ1v) is 6.85. The monoisotopic (exact) mass is 327 g/mol. The first kappa shape index (κ1) is 15.6. The summed E-state index contributed by atoms with van der Waals surface area (Å²) in [6.45, 7) is 1.39. The Morgan fingerprint density at radius 3 is 2.71 bits per heavy atom. The summed E-state index contributed by atoms with van der Waals surface area (Å²) in [5.74, 6) is -0.490. The number of halogens is 3. The van der Waals surface area contributed by atoms with Crippen LogP contribution < -0.4 is 10.1 Å². The lowest BCUT2D eigenvalue weighted by atomic mass is 10.2. The van der Waals surface area contributed by atoms with Gasteiger partial charge in [0.15, 0.2) is 6.61 Å². The fourth-order valence-electron chi connectivity index (χ4n) is 1.60. The van der Waals surface area contributed by atoms with Crippen LogP contribution in [0.25, 0.3) is 0 Å². The second-order valence-electron chi connectivity index (χ2n) is 4.38. The van der Waals surface area contributed by atoms with Gasteiger partial charge < -0.3 is 10.1 Å². The highest BCUT2D eigenvalue weighted by atomic mass is 35.5. The van der Waals surface area contributed by atoms with Gasteiger partial charge in [0.05, 0.1) is 5.02 Å². The molecule has 3 nitrogen and oxygen atoms in total. The molecule has 2 rings (SSSR count). The fourth-order valence-corrected chi connectivity index (χ4v) is 1.93. The third-order valence-electron chi connectivity index (χ3n) is 2.71. The summed E-state index contributed by atoms with van der Waals surface area (Å²) in [6, 6.07) is 9.16. The molecule has 0 saturated heterocycles. The Hall–Kier alpha value is -1.78. The highest BCUT2D eigenvalue weighted by molar-refractivity contribution is 6.34. The Balaban J connectivity index is 1.95. The normalized spacial score (nSPS) is 10.3. The van der Waals surface area contributed by atoms with Gasteiger partial charge in [-0.1, -0.05) is 29.3 Å². The molecular weight excluding hydrogens is 316 g/mol. The van der Waals surface area contributed by atoms with Gasteiger partial charge in [-0.2, -0.15) is 0 Å². The van der Waals surface area contributed by atoms with Crippen LogP contribution in [0.3, 0.4) is 0 Å². The molecule has 0 spiro atoms. The average Bonchev–Trinajstić information content (AvgIpc) is 2.44. The maximum atomic E-state index is 13.4. The molecule has 2 aromatic rings. The van der Waals surface area contributed by atoms with Gasteiger partial charge >= 0.3 is 0 Å². The minimum absolute atomic E-state index is 0.254. The molecule has 0 radical (unpaired) electrons. The number of ether oxygens (including phenoxy) is 1. The molecule has 0 unspecified atom stereocenters. The van der Waals surface area contributed by atoms with Crippen molar-refractivity contribution >= 4 is 34.8 Å². The molecule has 0 aliphatic rings. The van der Waals surface area contributed by atoms with E-state index in [1.807, 2.05) is 0 Å². The summed E-state index contributed by atoms with van der Waals surface area (Å²) in [6.07, 6.45) is 0. The molecule has 0 saturated carbocycles. The molecule has 0 atom stereocenters. The molecule has 0 bridgehead atoms. The van der Waals surface area contributed by atoms with Crippen molar-refractivity contribution in [3.63, 3.8) is 0 Å². The zero-order chi connectivity index (χ0) is 15.4. The summed E-state index contributed by atoms with van der Waals surface area (Å²) < 4.78 is 18.6. The number of nitrogens with one attached hydrogen (secondary N) is 1. The van der Waals surface area contributed by atoms with E-state index in [4.69, 9.17) is 27.9 Å². The second-order valence-corrected chi connectivity index (χ2v) is 5.22. The molecule has 0 aliphatic heterocycles. The lowest BCUT2D eigenvalue weighted by Gasteiger charge is -2.09. The summed E-state index contributed by atoms with van der Waals surface area (Å²) >= 11 is 11.7. The topological polar surface area (TPSA) is 38.3 Å². The maximum absolute atomic E-state index is 13.4. The van der Waals surface area contributed by atoms with E-state index in [2.05, 4.69) is 5.32 Å². The van der Waals surface area contributed by atoms with Gasteiger partial charge in [-0.15, -0.1) is 0 Å². The maximum Gasteiger partial charge on any atom is 0.262 e. The Labute approximate surface area is 131 Å². The van der Waals surface area contributed by atoms with Crippen LogP contribution >= 0.6 is 23.2 Å². The quantitative estimate of drug-likeness (QED) is 0.900. The predicted molar refractivity (Wildman–Crippen MR) is 81.7 cm³/mol. The smallest absolute Gasteiger partial charge is 0.262 e. The minimum Gasteiger partial charge on any atom is -0.482 e. The van der Waals surface area contributed by atoms with E-state index in [-0.39, 0.29) is 12.4 Å². The minimum atomic E-state index is -0.422. The van der Waals surface area contributed by atoms with Crippen molar-refractivity contribution in [3.05, 3.63) is 57.8 Å². The van der Waals surface area contributed by atoms with Crippen molar-refractivity contribution < 1.29 is 13.9 Å². The number of amides is 1. The van der Waals surface area contributed by atoms with E-state index in [0.717, 1.165) is 0 Å². The molecular formula is C15H12Cl2FNO2. The molecule has 1 N–H and O–H groups in total. The highest BCUT2D eigenvalue weighted by Crippen LogP contribution is 2.27. The number of rotatable bonds is 4. The molecule has 0 heterocycles. The number of benzene rings is 2. The molecule has 0 fully saturated rings. The lowest BCUT2D eigenvalue weighted by molar-refractivity contribution is -0.118. The van der Waals surface area contributed by atoms with E-state index in [1.165, 1.54) is 12.1 Å². The van der Waals surface area contributed by atoms with Crippen LogP contribution in [0.1, 0.15) is 5.56 Å². The second kappa shape index (κ2) is 6.78. The fraction of sp³-hybridized carbons (Fsp3) is 0.133. The Bertz CT molecular complexity index is 677. The van der Waals surface area contributed by atoms with Gasteiger partial charge in [0.1, 0.15) is 11.6 Å². The third-order valence-corrected chi connectivity index (χ3v) is 3.25. The van der Waals surface area contributed by atoms with Crippen LogP contribution in [-0.4, -0.2) is 12.5 Å². The lowest BCUT2D eigenvalue weighted by Crippen LogP contribution is -2.20. The first-order chi connectivity index (χ1) is 9.95. The number of hydrogen-bond acceptors (Lipinski definition) is 2. The van der Waals surface area contributed by atoms with Crippen LogP contribution in [0.5, 0.6) is 5.75 Å². The predicted octanol–water partition coefficient (Wildman–Crippen LogP) is 4.46. The van der Waals surface area contributed by atoms with Crippen LogP contribution in [0, 0.1) is 12.7 Å². The zero-order valence-corrected chi connectivity index (χ0v) is 12.6. The van der Waals surface area contributed by atoms with Crippen molar-refractivity contribution in [1.29, 1.82) is 0 Å². The number of hydrogen-bond donors (Lipinski definition) is 1.